The molecule has 23 nitrogen and oxygen atoms in total. The number of carbonyl (C=O) groups is 4. The minimum absolute atomic E-state index is 0.0823. The highest BCUT2D eigenvalue weighted by molar-refractivity contribution is 6.07. The van der Waals surface area contributed by atoms with Crippen molar-refractivity contribution in [3.05, 3.63) is 220 Å². The third-order valence-electron chi connectivity index (χ3n) is 15.6. The second-order valence-corrected chi connectivity index (χ2v) is 21.3. The van der Waals surface area contributed by atoms with Crippen molar-refractivity contribution in [1.29, 1.82) is 0 Å². The molecule has 0 radical (unpaired) electrons. The van der Waals surface area contributed by atoms with Gasteiger partial charge in [-0.05, 0) is 133 Å². The summed E-state index contributed by atoms with van der Waals surface area (Å²) in [5.41, 5.74) is 8.68. The summed E-state index contributed by atoms with van der Waals surface area (Å²) in [7, 11) is 15.8. The predicted molar refractivity (Wildman–Crippen MR) is 364 cm³/mol. The molecule has 5 heterocycles. The molecule has 8 aromatic rings. The van der Waals surface area contributed by atoms with Crippen LogP contribution in [0.15, 0.2) is 190 Å². The molecule has 0 saturated carbocycles. The maximum absolute atomic E-state index is 13.2. The average molecular weight is 1320 g/mol. The van der Waals surface area contributed by atoms with Crippen LogP contribution in [0.2, 0.25) is 0 Å². The fourth-order valence-corrected chi connectivity index (χ4v) is 10.4. The Kier molecular flexibility index (Phi) is 23.9. The minimum atomic E-state index is -0.441. The van der Waals surface area contributed by atoms with E-state index in [-0.39, 0.29) is 29.2 Å². The predicted octanol–water partition coefficient (Wildman–Crippen LogP) is 11.4. The van der Waals surface area contributed by atoms with Crippen LogP contribution >= 0.6 is 0 Å². The molecule has 0 aliphatic carbocycles. The Morgan fingerprint density at radius 1 is 0.320 bits per heavy atom. The second-order valence-electron chi connectivity index (χ2n) is 21.3. The first-order chi connectivity index (χ1) is 47.2. The molecular formula is C73H74FN9O14. The zero-order valence-electron chi connectivity index (χ0n) is 55.4. The minimum Gasteiger partial charge on any atom is -0.497 e. The maximum atomic E-state index is 13.2. The van der Waals surface area contributed by atoms with Gasteiger partial charge in [0, 0.05) is 70.7 Å². The molecular weight excluding hydrogens is 1250 g/mol. The van der Waals surface area contributed by atoms with Crippen LogP contribution < -0.4 is 47.4 Å². The number of nitrogens with zero attached hydrogens (tertiary/aromatic N) is 9. The third-order valence-corrected chi connectivity index (χ3v) is 15.6. The van der Waals surface area contributed by atoms with E-state index in [9.17, 15) is 23.6 Å². The van der Waals surface area contributed by atoms with Gasteiger partial charge in [-0.2, -0.15) is 20.4 Å². The van der Waals surface area contributed by atoms with E-state index >= 15 is 0 Å². The Morgan fingerprint density at radius 3 is 1.08 bits per heavy atom. The van der Waals surface area contributed by atoms with Crippen molar-refractivity contribution in [2.75, 3.05) is 97.3 Å². The number of ether oxygens (including phenoxy) is 10. The summed E-state index contributed by atoms with van der Waals surface area (Å²) in [5, 5.41) is 23.6. The molecule has 97 heavy (non-hydrogen) atoms. The van der Waals surface area contributed by atoms with Crippen LogP contribution in [-0.4, -0.2) is 169 Å². The summed E-state index contributed by atoms with van der Waals surface area (Å²) in [5.74, 6) is 5.04. The number of carbonyl (C=O) groups excluding carboxylic acids is 4. The van der Waals surface area contributed by atoms with Gasteiger partial charge in [-0.25, -0.2) is 29.4 Å². The fourth-order valence-electron chi connectivity index (χ4n) is 10.4. The fraction of sp³-hybridized carbons (Fsp3) is 0.247. The van der Waals surface area contributed by atoms with Crippen LogP contribution in [-0.2, 0) is 0 Å². The first-order valence-electron chi connectivity index (χ1n) is 30.6. The number of hydrogen-bond acceptors (Lipinski definition) is 19. The number of halogens is 1. The van der Waals surface area contributed by atoms with Crippen LogP contribution in [0.5, 0.6) is 57.6 Å². The number of pyridine rings is 1. The molecule has 1 aromatic heterocycles. The smallest absolute Gasteiger partial charge is 0.274 e. The van der Waals surface area contributed by atoms with Gasteiger partial charge in [0.15, 0.2) is 46.0 Å². The topological polar surface area (TPSA) is 236 Å². The Balaban J connectivity index is 0.000000152. The highest BCUT2D eigenvalue weighted by atomic mass is 19.1. The van der Waals surface area contributed by atoms with Gasteiger partial charge in [-0.15, -0.1) is 0 Å². The summed E-state index contributed by atoms with van der Waals surface area (Å²) in [6.07, 6.45) is 2.67. The molecule has 502 valence electrons. The summed E-state index contributed by atoms with van der Waals surface area (Å²) < 4.78 is 65.6. The van der Waals surface area contributed by atoms with Gasteiger partial charge in [0.2, 0.25) is 5.88 Å². The standard InChI is InChI=1S/C20H22N2O5.C19H20N2O4.C18H18N2O3.C16H14FN3O2/c1-24-16-7-5-13(11-18(16)26-3)15-9-10-22(21-15)20(23)14-6-8-17(25-2)19(12-14)27-4;1-23-15-7-4-13(5-8-15)19(22)21-11-10-16(20-21)14-6-9-17(24-2)18(12-14)25-3;1-22-16-9-8-14(12-17(16)23-2)15-10-11-20(19-15)18(21)13-6-4-3-5-7-13;1-22-15-7-3-6-13(18-15)14-8-9-20(19-14)16(21)11-4-2-5-12(17)10-11/h5-8,11-12H,9-10H2,1-4H3;4-9,12H,10-11H2,1-3H3;3-9,12H,10-11H2,1-2H3;2-7,10H,8-9H2,1H3. The summed E-state index contributed by atoms with van der Waals surface area (Å²) in [6, 6.07) is 49.1. The quantitative estimate of drug-likeness (QED) is 0.0776. The van der Waals surface area contributed by atoms with E-state index in [4.69, 9.17) is 47.4 Å². The first kappa shape index (κ1) is 69.5. The number of methoxy groups -OCH3 is 10. The van der Waals surface area contributed by atoms with Gasteiger partial charge in [0.1, 0.15) is 11.6 Å². The lowest BCUT2D eigenvalue weighted by molar-refractivity contribution is 0.0770. The van der Waals surface area contributed by atoms with E-state index in [0.29, 0.717) is 138 Å². The molecule has 0 bridgehead atoms. The van der Waals surface area contributed by atoms with Gasteiger partial charge >= 0.3 is 0 Å². The van der Waals surface area contributed by atoms with Crippen molar-refractivity contribution in [1.82, 2.24) is 25.0 Å². The maximum Gasteiger partial charge on any atom is 0.274 e. The molecule has 7 aromatic carbocycles. The Bertz CT molecular complexity index is 4240. The van der Waals surface area contributed by atoms with Crippen LogP contribution in [0.1, 0.15) is 89.5 Å². The highest BCUT2D eigenvalue weighted by Gasteiger charge is 2.28. The number of aromatic nitrogens is 1. The van der Waals surface area contributed by atoms with E-state index < -0.39 is 5.82 Å². The lowest BCUT2D eigenvalue weighted by atomic mass is 10.1. The molecule has 12 rings (SSSR count). The van der Waals surface area contributed by atoms with Gasteiger partial charge in [-0.1, -0.05) is 30.3 Å². The number of hydrogen-bond donors (Lipinski definition) is 0. The molecule has 4 amide bonds. The van der Waals surface area contributed by atoms with Crippen molar-refractivity contribution in [2.45, 2.75) is 25.7 Å². The SMILES string of the molecule is COc1ccc(C(=O)N2CCC(c3ccc(OC)c(OC)c3)=N2)cc1.COc1ccc(C(=O)N2CCC(c3ccc(OC)c(OC)c3)=N2)cc1OC.COc1ccc(C2=NN(C(=O)c3ccccc3)CC2)cc1OC.COc1cccc(C2=NN(C(=O)c3cccc(F)c3)CC2)n1. The van der Waals surface area contributed by atoms with Crippen molar-refractivity contribution >= 4 is 46.5 Å². The van der Waals surface area contributed by atoms with Gasteiger partial charge in [0.25, 0.3) is 23.6 Å². The van der Waals surface area contributed by atoms with Gasteiger partial charge < -0.3 is 47.4 Å². The van der Waals surface area contributed by atoms with E-state index in [1.807, 2.05) is 84.9 Å². The molecule has 0 fully saturated rings. The molecule has 4 aliphatic heterocycles. The van der Waals surface area contributed by atoms with E-state index in [0.717, 1.165) is 33.8 Å². The van der Waals surface area contributed by atoms with Crippen LogP contribution in [0.25, 0.3) is 0 Å². The normalized spacial score (nSPS) is 13.5. The number of hydrazone groups is 4. The zero-order chi connectivity index (χ0) is 69.0. The van der Waals surface area contributed by atoms with Gasteiger partial charge in [-0.3, -0.25) is 19.2 Å². The third kappa shape index (κ3) is 17.1. The monoisotopic (exact) mass is 1320 g/mol. The lowest BCUT2D eigenvalue weighted by Crippen LogP contribution is -2.23. The van der Waals surface area contributed by atoms with Crippen molar-refractivity contribution < 1.29 is 70.9 Å². The highest BCUT2D eigenvalue weighted by Crippen LogP contribution is 2.34. The van der Waals surface area contributed by atoms with Crippen molar-refractivity contribution in [3.8, 4) is 57.6 Å². The molecule has 0 saturated heterocycles. The number of rotatable bonds is 18. The zero-order valence-corrected chi connectivity index (χ0v) is 55.4. The number of benzene rings is 7. The molecule has 4 aliphatic rings. The Morgan fingerprint density at radius 2 is 0.670 bits per heavy atom. The summed E-state index contributed by atoms with van der Waals surface area (Å²) in [4.78, 5) is 54.4. The Hall–Kier alpha value is -11.8. The first-order valence-corrected chi connectivity index (χ1v) is 30.6. The van der Waals surface area contributed by atoms with E-state index in [1.54, 1.807) is 131 Å². The van der Waals surface area contributed by atoms with Crippen molar-refractivity contribution in [2.24, 2.45) is 20.4 Å². The van der Waals surface area contributed by atoms with Crippen LogP contribution in [0.4, 0.5) is 4.39 Å². The second kappa shape index (κ2) is 33.3. The molecule has 0 atom stereocenters. The molecule has 0 N–H and O–H groups in total. The molecule has 0 spiro atoms. The molecule has 24 heteroatoms. The number of amides is 4. The van der Waals surface area contributed by atoms with Crippen LogP contribution in [0.3, 0.4) is 0 Å². The largest absolute Gasteiger partial charge is 0.497 e. The summed E-state index contributed by atoms with van der Waals surface area (Å²) in [6.45, 7) is 2.09. The van der Waals surface area contributed by atoms with E-state index in [2.05, 4.69) is 25.4 Å². The average Bonchev–Trinajstić information content (AvgIpc) is 1.83. The lowest BCUT2D eigenvalue weighted by Gasteiger charge is -2.13. The van der Waals surface area contributed by atoms with Crippen LogP contribution in [0, 0.1) is 5.82 Å². The summed E-state index contributed by atoms with van der Waals surface area (Å²) >= 11 is 0. The van der Waals surface area contributed by atoms with Crippen molar-refractivity contribution in [3.63, 3.8) is 0 Å². The van der Waals surface area contributed by atoms with E-state index in [1.165, 1.54) is 45.3 Å². The Labute approximate surface area is 561 Å². The van der Waals surface area contributed by atoms with Gasteiger partial charge in [0.05, 0.1) is 126 Å². The molecule has 0 unspecified atom stereocenters.